The van der Waals surface area contributed by atoms with E-state index in [1.807, 2.05) is 25.1 Å². The third-order valence-electron chi connectivity index (χ3n) is 2.86. The lowest BCUT2D eigenvalue weighted by Gasteiger charge is -2.22. The van der Waals surface area contributed by atoms with Gasteiger partial charge in [-0.3, -0.25) is 4.79 Å². The van der Waals surface area contributed by atoms with Crippen LogP contribution in [0.5, 0.6) is 0 Å². The quantitative estimate of drug-likeness (QED) is 0.871. The number of anilines is 2. The summed E-state index contributed by atoms with van der Waals surface area (Å²) in [7, 11) is 0. The van der Waals surface area contributed by atoms with Crippen molar-refractivity contribution in [3.05, 3.63) is 52.8 Å². The third kappa shape index (κ3) is 3.17. The number of pyridine rings is 1. The molecule has 0 radical (unpaired) electrons. The molecule has 0 fully saturated rings. The normalized spacial score (nSPS) is 10.3. The smallest absolute Gasteiger partial charge is 0.278 e. The van der Waals surface area contributed by atoms with Gasteiger partial charge in [-0.25, -0.2) is 4.98 Å². The summed E-state index contributed by atoms with van der Waals surface area (Å²) >= 11 is 3.37. The Bertz CT molecular complexity index is 598. The molecule has 0 bridgehead atoms. The summed E-state index contributed by atoms with van der Waals surface area (Å²) in [5.74, 6) is -0.121. The number of hydrogen-bond donors (Lipinski definition) is 1. The third-order valence-corrected chi connectivity index (χ3v) is 3.50. The van der Waals surface area contributed by atoms with Crippen molar-refractivity contribution in [1.29, 1.82) is 0 Å². The summed E-state index contributed by atoms with van der Waals surface area (Å²) in [4.78, 5) is 18.5. The van der Waals surface area contributed by atoms with Crippen LogP contribution >= 0.6 is 15.9 Å². The first-order valence-electron chi connectivity index (χ1n) is 6.41. The summed E-state index contributed by atoms with van der Waals surface area (Å²) in [5, 5.41) is 0. The van der Waals surface area contributed by atoms with Gasteiger partial charge in [0.25, 0.3) is 5.91 Å². The SMILES string of the molecule is CCCN(C(=O)c1ncccc1Br)c1ccc(N)cc1. The first-order chi connectivity index (χ1) is 9.63. The van der Waals surface area contributed by atoms with Crippen LogP contribution in [0.4, 0.5) is 11.4 Å². The second kappa shape index (κ2) is 6.52. The van der Waals surface area contributed by atoms with Crippen LogP contribution in [0.1, 0.15) is 23.8 Å². The predicted octanol–water partition coefficient (Wildman–Crippen LogP) is 3.48. The number of carbonyl (C=O) groups excluding carboxylic acids is 1. The molecule has 1 amide bonds. The van der Waals surface area contributed by atoms with E-state index in [9.17, 15) is 4.79 Å². The molecule has 1 aromatic carbocycles. The highest BCUT2D eigenvalue weighted by atomic mass is 79.9. The van der Waals surface area contributed by atoms with Crippen molar-refractivity contribution in [2.24, 2.45) is 0 Å². The van der Waals surface area contributed by atoms with Gasteiger partial charge in [-0.2, -0.15) is 0 Å². The fourth-order valence-corrected chi connectivity index (χ4v) is 2.32. The van der Waals surface area contributed by atoms with Crippen LogP contribution in [-0.4, -0.2) is 17.4 Å². The fourth-order valence-electron chi connectivity index (χ4n) is 1.90. The minimum absolute atomic E-state index is 0.121. The number of halogens is 1. The van der Waals surface area contributed by atoms with E-state index in [1.54, 1.807) is 29.3 Å². The number of benzene rings is 1. The van der Waals surface area contributed by atoms with Crippen LogP contribution in [0, 0.1) is 0 Å². The molecular formula is C15H16BrN3O. The highest BCUT2D eigenvalue weighted by molar-refractivity contribution is 9.10. The van der Waals surface area contributed by atoms with Gasteiger partial charge in [0.05, 0.1) is 0 Å². The number of aromatic nitrogens is 1. The molecule has 0 atom stereocenters. The van der Waals surface area contributed by atoms with Gasteiger partial charge >= 0.3 is 0 Å². The number of nitrogens with zero attached hydrogens (tertiary/aromatic N) is 2. The summed E-state index contributed by atoms with van der Waals surface area (Å²) in [6.07, 6.45) is 2.48. The number of amides is 1. The maximum absolute atomic E-state index is 12.6. The van der Waals surface area contributed by atoms with E-state index in [1.165, 1.54) is 0 Å². The molecule has 0 unspecified atom stereocenters. The molecule has 0 saturated carbocycles. The molecule has 0 spiro atoms. The lowest BCUT2D eigenvalue weighted by molar-refractivity contribution is 0.0981. The van der Waals surface area contributed by atoms with E-state index < -0.39 is 0 Å². The number of nitrogens with two attached hydrogens (primary N) is 1. The van der Waals surface area contributed by atoms with Crippen LogP contribution in [0.25, 0.3) is 0 Å². The first-order valence-corrected chi connectivity index (χ1v) is 7.20. The van der Waals surface area contributed by atoms with Crippen molar-refractivity contribution >= 4 is 33.2 Å². The van der Waals surface area contributed by atoms with Gasteiger partial charge in [0.2, 0.25) is 0 Å². The lowest BCUT2D eigenvalue weighted by atomic mass is 10.2. The van der Waals surface area contributed by atoms with Gasteiger partial charge < -0.3 is 10.6 Å². The molecule has 20 heavy (non-hydrogen) atoms. The zero-order valence-corrected chi connectivity index (χ0v) is 12.8. The van der Waals surface area contributed by atoms with Gasteiger partial charge in [-0.15, -0.1) is 0 Å². The Morgan fingerprint density at radius 1 is 1.30 bits per heavy atom. The minimum atomic E-state index is -0.121. The van der Waals surface area contributed by atoms with Crippen molar-refractivity contribution in [2.45, 2.75) is 13.3 Å². The number of nitrogen functional groups attached to an aromatic ring is 1. The number of carbonyl (C=O) groups is 1. The number of hydrogen-bond acceptors (Lipinski definition) is 3. The van der Waals surface area contributed by atoms with Crippen molar-refractivity contribution in [3.63, 3.8) is 0 Å². The lowest BCUT2D eigenvalue weighted by Crippen LogP contribution is -2.32. The fraction of sp³-hybridized carbons (Fsp3) is 0.200. The Hall–Kier alpha value is -1.88. The molecule has 4 nitrogen and oxygen atoms in total. The molecule has 2 rings (SSSR count). The van der Waals surface area contributed by atoms with E-state index in [0.29, 0.717) is 22.4 Å². The molecule has 0 aliphatic rings. The molecule has 1 heterocycles. The van der Waals surface area contributed by atoms with Crippen molar-refractivity contribution < 1.29 is 4.79 Å². The van der Waals surface area contributed by atoms with Crippen LogP contribution in [0.15, 0.2) is 47.1 Å². The zero-order chi connectivity index (χ0) is 14.5. The topological polar surface area (TPSA) is 59.2 Å². The Balaban J connectivity index is 2.36. The molecule has 0 aliphatic carbocycles. The highest BCUT2D eigenvalue weighted by Crippen LogP contribution is 2.22. The standard InChI is InChI=1S/C15H16BrN3O/c1-2-10-19(12-7-5-11(17)6-8-12)15(20)14-13(16)4-3-9-18-14/h3-9H,2,10,17H2,1H3. The van der Waals surface area contributed by atoms with Gasteiger partial charge in [0.15, 0.2) is 0 Å². The van der Waals surface area contributed by atoms with E-state index in [4.69, 9.17) is 5.73 Å². The molecule has 1 aromatic heterocycles. The van der Waals surface area contributed by atoms with Crippen LogP contribution < -0.4 is 10.6 Å². The summed E-state index contributed by atoms with van der Waals surface area (Å²) < 4.78 is 0.696. The Morgan fingerprint density at radius 2 is 2.00 bits per heavy atom. The van der Waals surface area contributed by atoms with Crippen molar-refractivity contribution in [3.8, 4) is 0 Å². The molecule has 0 aliphatic heterocycles. The maximum atomic E-state index is 12.6. The van der Waals surface area contributed by atoms with Crippen LogP contribution in [-0.2, 0) is 0 Å². The first kappa shape index (κ1) is 14.5. The second-order valence-corrected chi connectivity index (χ2v) is 5.24. The van der Waals surface area contributed by atoms with Crippen molar-refractivity contribution in [2.75, 3.05) is 17.2 Å². The van der Waals surface area contributed by atoms with E-state index in [-0.39, 0.29) is 5.91 Å². The molecule has 104 valence electrons. The Labute approximate surface area is 126 Å². The monoisotopic (exact) mass is 333 g/mol. The van der Waals surface area contributed by atoms with Crippen LogP contribution in [0.2, 0.25) is 0 Å². The van der Waals surface area contributed by atoms with E-state index in [0.717, 1.165) is 12.1 Å². The average Bonchev–Trinajstić information content (AvgIpc) is 2.46. The molecule has 0 saturated heterocycles. The average molecular weight is 334 g/mol. The highest BCUT2D eigenvalue weighted by Gasteiger charge is 2.20. The zero-order valence-electron chi connectivity index (χ0n) is 11.2. The molecule has 2 aromatic rings. The van der Waals surface area contributed by atoms with Gasteiger partial charge in [-0.05, 0) is 58.7 Å². The molecule has 2 N–H and O–H groups in total. The maximum Gasteiger partial charge on any atom is 0.278 e. The van der Waals surface area contributed by atoms with Gasteiger partial charge in [0, 0.05) is 28.6 Å². The number of rotatable bonds is 4. The van der Waals surface area contributed by atoms with Gasteiger partial charge in [0.1, 0.15) is 5.69 Å². The largest absolute Gasteiger partial charge is 0.399 e. The van der Waals surface area contributed by atoms with E-state index >= 15 is 0 Å². The van der Waals surface area contributed by atoms with Crippen LogP contribution in [0.3, 0.4) is 0 Å². The predicted molar refractivity (Wildman–Crippen MR) is 84.8 cm³/mol. The van der Waals surface area contributed by atoms with Gasteiger partial charge in [-0.1, -0.05) is 6.92 Å². The second-order valence-electron chi connectivity index (χ2n) is 4.38. The molecular weight excluding hydrogens is 318 g/mol. The Morgan fingerprint density at radius 3 is 2.60 bits per heavy atom. The molecule has 5 heteroatoms. The Kier molecular flexibility index (Phi) is 4.74. The summed E-state index contributed by atoms with van der Waals surface area (Å²) in [5.41, 5.74) is 7.60. The van der Waals surface area contributed by atoms with E-state index in [2.05, 4.69) is 20.9 Å². The summed E-state index contributed by atoms with van der Waals surface area (Å²) in [6, 6.07) is 10.9. The van der Waals surface area contributed by atoms with Crippen molar-refractivity contribution in [1.82, 2.24) is 4.98 Å². The minimum Gasteiger partial charge on any atom is -0.399 e. The summed E-state index contributed by atoms with van der Waals surface area (Å²) in [6.45, 7) is 2.66.